The van der Waals surface area contributed by atoms with Crippen LogP contribution in [-0.2, 0) is 23.7 Å². The summed E-state index contributed by atoms with van der Waals surface area (Å²) >= 11 is 0. The van der Waals surface area contributed by atoms with E-state index in [1.807, 2.05) is 0 Å². The van der Waals surface area contributed by atoms with Gasteiger partial charge in [0.1, 0.15) is 24.4 Å². The largest absolute Gasteiger partial charge is 0.394 e. The Morgan fingerprint density at radius 2 is 1.21 bits per heavy atom. The molecule has 0 amide bonds. The smallest absolute Gasteiger partial charge is 0.190 e. The Labute approximate surface area is 142 Å². The zero-order valence-electron chi connectivity index (χ0n) is 14.2. The molecule has 3 saturated heterocycles. The van der Waals surface area contributed by atoms with Crippen LogP contribution in [-0.4, -0.2) is 54.0 Å². The van der Waals surface area contributed by atoms with Crippen molar-refractivity contribution in [1.82, 2.24) is 0 Å². The lowest BCUT2D eigenvalue weighted by Gasteiger charge is -2.36. The Bertz CT molecular complexity index is 470. The molecule has 5 rings (SSSR count). The van der Waals surface area contributed by atoms with E-state index in [0.717, 1.165) is 51.4 Å². The highest BCUT2D eigenvalue weighted by Crippen LogP contribution is 2.50. The van der Waals surface area contributed by atoms with Crippen LogP contribution in [0.3, 0.4) is 0 Å². The molecule has 6 nitrogen and oxygen atoms in total. The molecule has 0 unspecified atom stereocenters. The summed E-state index contributed by atoms with van der Waals surface area (Å²) in [7, 11) is 0. The maximum Gasteiger partial charge on any atom is 0.190 e. The SMILES string of the molecule is OC[C@@H]1O[C@@H]2OC3(CCCCC3)O[C@@H]2[C@@H]2OC3(CCCCC3)O[C@@H]21. The fourth-order valence-corrected chi connectivity index (χ4v) is 5.19. The van der Waals surface area contributed by atoms with E-state index in [1.165, 1.54) is 12.8 Å². The van der Waals surface area contributed by atoms with Gasteiger partial charge in [0.25, 0.3) is 0 Å². The van der Waals surface area contributed by atoms with Crippen LogP contribution < -0.4 is 0 Å². The van der Waals surface area contributed by atoms with Crippen LogP contribution in [0.15, 0.2) is 0 Å². The Kier molecular flexibility index (Phi) is 3.92. The number of ether oxygens (including phenoxy) is 5. The first-order valence-electron chi connectivity index (χ1n) is 9.70. The molecule has 0 radical (unpaired) electrons. The molecule has 5 fully saturated rings. The summed E-state index contributed by atoms with van der Waals surface area (Å²) in [5.41, 5.74) is 0. The van der Waals surface area contributed by atoms with Crippen LogP contribution in [0.5, 0.6) is 0 Å². The molecule has 3 aliphatic heterocycles. The quantitative estimate of drug-likeness (QED) is 0.789. The van der Waals surface area contributed by atoms with Crippen LogP contribution in [0.2, 0.25) is 0 Å². The first-order valence-corrected chi connectivity index (χ1v) is 9.70. The number of hydrogen-bond acceptors (Lipinski definition) is 6. The molecule has 2 saturated carbocycles. The Hall–Kier alpha value is -0.240. The van der Waals surface area contributed by atoms with Crippen molar-refractivity contribution in [1.29, 1.82) is 0 Å². The van der Waals surface area contributed by atoms with Crippen LogP contribution in [0.25, 0.3) is 0 Å². The van der Waals surface area contributed by atoms with E-state index in [2.05, 4.69) is 0 Å². The second-order valence-corrected chi connectivity index (χ2v) is 8.03. The molecule has 2 aliphatic carbocycles. The Morgan fingerprint density at radius 3 is 1.83 bits per heavy atom. The third kappa shape index (κ3) is 2.46. The number of hydrogen-bond donors (Lipinski definition) is 1. The van der Waals surface area contributed by atoms with Gasteiger partial charge < -0.3 is 28.8 Å². The summed E-state index contributed by atoms with van der Waals surface area (Å²) in [6.07, 6.45) is 9.04. The Balaban J connectivity index is 1.40. The van der Waals surface area contributed by atoms with E-state index in [9.17, 15) is 5.11 Å². The van der Waals surface area contributed by atoms with Gasteiger partial charge in [0.15, 0.2) is 17.9 Å². The molecule has 6 heteroatoms. The van der Waals surface area contributed by atoms with Gasteiger partial charge in [-0.05, 0) is 25.7 Å². The molecule has 5 aliphatic rings. The highest BCUT2D eigenvalue weighted by molar-refractivity contribution is 5.02. The van der Waals surface area contributed by atoms with Gasteiger partial charge in [-0.25, -0.2) is 0 Å². The number of rotatable bonds is 1. The molecule has 0 bridgehead atoms. The minimum atomic E-state index is -0.520. The van der Waals surface area contributed by atoms with E-state index in [1.54, 1.807) is 0 Å². The molecular weight excluding hydrogens is 312 g/mol. The van der Waals surface area contributed by atoms with Gasteiger partial charge in [0, 0.05) is 25.7 Å². The maximum atomic E-state index is 9.79. The van der Waals surface area contributed by atoms with Gasteiger partial charge in [-0.1, -0.05) is 12.8 Å². The van der Waals surface area contributed by atoms with Gasteiger partial charge >= 0.3 is 0 Å². The number of fused-ring (bicyclic) bond motifs is 3. The van der Waals surface area contributed by atoms with E-state index in [0.29, 0.717) is 0 Å². The highest BCUT2D eigenvalue weighted by Gasteiger charge is 2.63. The predicted molar refractivity (Wildman–Crippen MR) is 83.1 cm³/mol. The summed E-state index contributed by atoms with van der Waals surface area (Å²) in [4.78, 5) is 0. The van der Waals surface area contributed by atoms with Crippen molar-refractivity contribution in [2.75, 3.05) is 6.61 Å². The standard InChI is InChI=1S/C18H28O6/c19-11-12-13-14(22-17(21-13)7-3-1-4-8-17)15-16(20-12)24-18(23-15)9-5-2-6-10-18/h12-16,19H,1-11H2/t12-,13+,14+,15+,16+/m0/s1. The molecule has 0 aromatic rings. The Morgan fingerprint density at radius 1 is 0.667 bits per heavy atom. The average Bonchev–Trinajstić information content (AvgIpc) is 3.14. The predicted octanol–water partition coefficient (Wildman–Crippen LogP) is 2.22. The summed E-state index contributed by atoms with van der Waals surface area (Å²) in [5, 5.41) is 9.79. The minimum Gasteiger partial charge on any atom is -0.394 e. The molecular formula is C18H28O6. The van der Waals surface area contributed by atoms with Gasteiger partial charge in [-0.2, -0.15) is 0 Å². The van der Waals surface area contributed by atoms with Crippen molar-refractivity contribution >= 4 is 0 Å². The number of aliphatic hydroxyl groups is 1. The van der Waals surface area contributed by atoms with Crippen LogP contribution >= 0.6 is 0 Å². The van der Waals surface area contributed by atoms with Crippen LogP contribution in [0.4, 0.5) is 0 Å². The van der Waals surface area contributed by atoms with E-state index in [4.69, 9.17) is 23.7 Å². The van der Waals surface area contributed by atoms with Crippen LogP contribution in [0, 0.1) is 0 Å². The molecule has 0 aromatic carbocycles. The third-order valence-corrected chi connectivity index (χ3v) is 6.39. The van der Waals surface area contributed by atoms with Crippen molar-refractivity contribution in [2.45, 2.75) is 106 Å². The molecule has 0 aromatic heterocycles. The molecule has 2 spiro atoms. The zero-order chi connectivity index (χ0) is 16.2. The van der Waals surface area contributed by atoms with Crippen molar-refractivity contribution < 1.29 is 28.8 Å². The first-order chi connectivity index (χ1) is 11.7. The molecule has 136 valence electrons. The highest BCUT2D eigenvalue weighted by atomic mass is 16.9. The zero-order valence-corrected chi connectivity index (χ0v) is 14.2. The van der Waals surface area contributed by atoms with Gasteiger partial charge in [-0.15, -0.1) is 0 Å². The lowest BCUT2D eigenvalue weighted by molar-refractivity contribution is -0.254. The second-order valence-electron chi connectivity index (χ2n) is 8.03. The summed E-state index contributed by atoms with van der Waals surface area (Å²) in [6, 6.07) is 0. The fraction of sp³-hybridized carbons (Fsp3) is 1.00. The van der Waals surface area contributed by atoms with Crippen molar-refractivity contribution in [3.05, 3.63) is 0 Å². The summed E-state index contributed by atoms with van der Waals surface area (Å²) in [6.45, 7) is -0.0831. The lowest BCUT2D eigenvalue weighted by atomic mass is 9.94. The van der Waals surface area contributed by atoms with Crippen molar-refractivity contribution in [3.63, 3.8) is 0 Å². The summed E-state index contributed by atoms with van der Waals surface area (Å²) < 4.78 is 31.4. The number of aliphatic hydroxyl groups excluding tert-OH is 1. The van der Waals surface area contributed by atoms with Crippen LogP contribution in [0.1, 0.15) is 64.2 Å². The monoisotopic (exact) mass is 340 g/mol. The molecule has 3 heterocycles. The summed E-state index contributed by atoms with van der Waals surface area (Å²) in [5.74, 6) is -1.03. The van der Waals surface area contributed by atoms with E-state index < -0.39 is 24.0 Å². The molecule has 1 N–H and O–H groups in total. The average molecular weight is 340 g/mol. The fourth-order valence-electron chi connectivity index (χ4n) is 5.19. The minimum absolute atomic E-state index is 0.0831. The maximum absolute atomic E-state index is 9.79. The second kappa shape index (κ2) is 5.89. The molecule has 24 heavy (non-hydrogen) atoms. The topological polar surface area (TPSA) is 66.4 Å². The van der Waals surface area contributed by atoms with E-state index in [-0.39, 0.29) is 24.9 Å². The van der Waals surface area contributed by atoms with E-state index >= 15 is 0 Å². The lowest BCUT2D eigenvalue weighted by Crippen LogP contribution is -2.56. The van der Waals surface area contributed by atoms with Gasteiger partial charge in [-0.3, -0.25) is 0 Å². The third-order valence-electron chi connectivity index (χ3n) is 6.39. The first kappa shape index (κ1) is 16.0. The normalized spacial score (nSPS) is 46.1. The van der Waals surface area contributed by atoms with Gasteiger partial charge in [0.05, 0.1) is 6.61 Å². The molecule has 5 atom stereocenters. The van der Waals surface area contributed by atoms with Crippen molar-refractivity contribution in [3.8, 4) is 0 Å². The van der Waals surface area contributed by atoms with Crippen molar-refractivity contribution in [2.24, 2.45) is 0 Å². The van der Waals surface area contributed by atoms with Gasteiger partial charge in [0.2, 0.25) is 0 Å².